The number of nitrogens with two attached hydrogens (primary N) is 1. The van der Waals surface area contributed by atoms with Crippen LogP contribution in [0.25, 0.3) is 10.9 Å². The van der Waals surface area contributed by atoms with Crippen molar-refractivity contribution in [2.24, 2.45) is 5.73 Å². The van der Waals surface area contributed by atoms with Gasteiger partial charge in [-0.25, -0.2) is 4.98 Å². The number of nitrogens with zero attached hydrogens (tertiary/aromatic N) is 2. The molecular formula is C18H25ClN4O3. The molecule has 26 heavy (non-hydrogen) atoms. The lowest BCUT2D eigenvalue weighted by Crippen LogP contribution is -2.43. The maximum Gasteiger partial charge on any atom is 0.258 e. The first-order valence-corrected chi connectivity index (χ1v) is 8.63. The predicted molar refractivity (Wildman–Crippen MR) is 102 cm³/mol. The second-order valence-electron chi connectivity index (χ2n) is 6.65. The molecule has 0 radical (unpaired) electrons. The topological polar surface area (TPSA) is 101 Å². The minimum Gasteiger partial charge on any atom is -0.364 e. The molecule has 1 saturated heterocycles. The van der Waals surface area contributed by atoms with Crippen LogP contribution in [-0.4, -0.2) is 45.6 Å². The molecule has 3 N–H and O–H groups in total. The number of aromatic amines is 1. The van der Waals surface area contributed by atoms with Crippen molar-refractivity contribution in [3.8, 4) is 0 Å². The fourth-order valence-corrected chi connectivity index (χ4v) is 3.13. The van der Waals surface area contributed by atoms with E-state index in [0.29, 0.717) is 29.7 Å². The number of aromatic nitrogens is 2. The molecule has 2 heterocycles. The first-order valence-electron chi connectivity index (χ1n) is 8.63. The molecule has 142 valence electrons. The Morgan fingerprint density at radius 2 is 2.12 bits per heavy atom. The molecule has 0 saturated carbocycles. The molecule has 1 fully saturated rings. The highest BCUT2D eigenvalue weighted by Crippen LogP contribution is 2.22. The average Bonchev–Trinajstić information content (AvgIpc) is 3.08. The van der Waals surface area contributed by atoms with Gasteiger partial charge in [-0.15, -0.1) is 12.4 Å². The van der Waals surface area contributed by atoms with Gasteiger partial charge in [0.2, 0.25) is 0 Å². The highest BCUT2D eigenvalue weighted by Gasteiger charge is 2.34. The minimum atomic E-state index is -0.469. The zero-order valence-corrected chi connectivity index (χ0v) is 15.8. The van der Waals surface area contributed by atoms with Crippen molar-refractivity contribution < 1.29 is 9.53 Å². The molecule has 0 aliphatic carbocycles. The van der Waals surface area contributed by atoms with Gasteiger partial charge >= 0.3 is 0 Å². The molecule has 1 amide bonds. The highest BCUT2D eigenvalue weighted by molar-refractivity contribution is 5.85. The molecule has 3 rings (SSSR count). The number of H-pyrrole nitrogens is 1. The fourth-order valence-electron chi connectivity index (χ4n) is 3.13. The molecule has 0 spiro atoms. The zero-order chi connectivity index (χ0) is 18.0. The van der Waals surface area contributed by atoms with E-state index in [1.54, 1.807) is 23.1 Å². The van der Waals surface area contributed by atoms with Gasteiger partial charge < -0.3 is 20.4 Å². The van der Waals surface area contributed by atoms with Crippen LogP contribution in [0, 0.1) is 0 Å². The zero-order valence-electron chi connectivity index (χ0n) is 15.0. The maximum atomic E-state index is 12.8. The maximum absolute atomic E-state index is 12.8. The molecule has 8 heteroatoms. The number of nitrogens with one attached hydrogen (secondary N) is 1. The summed E-state index contributed by atoms with van der Waals surface area (Å²) in [6.45, 7) is 4.54. The summed E-state index contributed by atoms with van der Waals surface area (Å²) < 4.78 is 5.73. The van der Waals surface area contributed by atoms with E-state index in [0.717, 1.165) is 6.42 Å². The Bertz CT molecular complexity index is 823. The van der Waals surface area contributed by atoms with E-state index in [2.05, 4.69) is 9.97 Å². The number of hydrogen-bond acceptors (Lipinski definition) is 5. The van der Waals surface area contributed by atoms with Gasteiger partial charge in [-0.05, 0) is 38.8 Å². The normalized spacial score (nSPS) is 19.5. The van der Waals surface area contributed by atoms with Crippen LogP contribution in [-0.2, 0) is 16.1 Å². The molecule has 0 bridgehead atoms. The van der Waals surface area contributed by atoms with Crippen LogP contribution >= 0.6 is 12.4 Å². The van der Waals surface area contributed by atoms with Crippen molar-refractivity contribution in [2.45, 2.75) is 51.5 Å². The van der Waals surface area contributed by atoms with Crippen LogP contribution in [0.2, 0.25) is 0 Å². The Labute approximate surface area is 158 Å². The van der Waals surface area contributed by atoms with Crippen LogP contribution in [0.4, 0.5) is 0 Å². The van der Waals surface area contributed by atoms with Gasteiger partial charge in [-0.1, -0.05) is 12.1 Å². The Balaban J connectivity index is 0.00000243. The highest BCUT2D eigenvalue weighted by atomic mass is 35.5. The first kappa shape index (κ1) is 20.4. The number of rotatable bonds is 5. The second kappa shape index (κ2) is 8.62. The standard InChI is InChI=1S/C18H24N4O3.ClH/c1-11(2)22(18(24)15-8-7-12(9-19)25-15)10-16-20-14-6-4-3-5-13(14)17(23)21-16;/h3-6,11-12,15H,7-10,19H2,1-2H3,(H,20,21,23);1H/t12-,15+;/m1./s1. The molecular weight excluding hydrogens is 356 g/mol. The summed E-state index contributed by atoms with van der Waals surface area (Å²) in [5.74, 6) is 0.390. The number of ether oxygens (including phenoxy) is 1. The quantitative estimate of drug-likeness (QED) is 0.820. The van der Waals surface area contributed by atoms with Gasteiger partial charge in [0.05, 0.1) is 23.6 Å². The van der Waals surface area contributed by atoms with Crippen molar-refractivity contribution in [1.82, 2.24) is 14.9 Å². The number of hydrogen-bond donors (Lipinski definition) is 2. The van der Waals surface area contributed by atoms with E-state index in [4.69, 9.17) is 10.5 Å². The lowest BCUT2D eigenvalue weighted by atomic mass is 10.1. The monoisotopic (exact) mass is 380 g/mol. The Morgan fingerprint density at radius 3 is 2.77 bits per heavy atom. The summed E-state index contributed by atoms with van der Waals surface area (Å²) in [4.78, 5) is 34.0. The van der Waals surface area contributed by atoms with Gasteiger partial charge in [-0.2, -0.15) is 0 Å². The third kappa shape index (κ3) is 4.23. The fraction of sp³-hybridized carbons (Fsp3) is 0.500. The summed E-state index contributed by atoms with van der Waals surface area (Å²) in [5, 5.41) is 0.540. The first-order chi connectivity index (χ1) is 12.0. The van der Waals surface area contributed by atoms with Gasteiger partial charge in [0.15, 0.2) is 0 Å². The van der Waals surface area contributed by atoms with Crippen molar-refractivity contribution >= 4 is 29.2 Å². The second-order valence-corrected chi connectivity index (χ2v) is 6.65. The Morgan fingerprint density at radius 1 is 1.38 bits per heavy atom. The summed E-state index contributed by atoms with van der Waals surface area (Å²) >= 11 is 0. The summed E-state index contributed by atoms with van der Waals surface area (Å²) in [6.07, 6.45) is 0.944. The minimum absolute atomic E-state index is 0. The SMILES string of the molecule is CC(C)N(Cc1nc2ccccc2c(=O)[nH]1)C(=O)[C@@H]1CC[C@H](CN)O1.Cl. The van der Waals surface area contributed by atoms with Gasteiger partial charge in [0, 0.05) is 12.6 Å². The molecule has 1 aromatic heterocycles. The van der Waals surface area contributed by atoms with Crippen molar-refractivity contribution in [1.29, 1.82) is 0 Å². The van der Waals surface area contributed by atoms with Crippen LogP contribution in [0.1, 0.15) is 32.5 Å². The van der Waals surface area contributed by atoms with E-state index in [9.17, 15) is 9.59 Å². The van der Waals surface area contributed by atoms with E-state index >= 15 is 0 Å². The number of carbonyl (C=O) groups excluding carboxylic acids is 1. The van der Waals surface area contributed by atoms with E-state index in [-0.39, 0.29) is 42.6 Å². The van der Waals surface area contributed by atoms with Crippen LogP contribution in [0.5, 0.6) is 0 Å². The molecule has 1 aliphatic heterocycles. The number of para-hydroxylation sites is 1. The van der Waals surface area contributed by atoms with Crippen molar-refractivity contribution in [2.75, 3.05) is 6.54 Å². The van der Waals surface area contributed by atoms with Gasteiger partial charge in [0.25, 0.3) is 11.5 Å². The third-order valence-corrected chi connectivity index (χ3v) is 4.53. The number of halogens is 1. The van der Waals surface area contributed by atoms with E-state index in [1.165, 1.54) is 0 Å². The van der Waals surface area contributed by atoms with Gasteiger partial charge in [-0.3, -0.25) is 9.59 Å². The number of benzene rings is 1. The largest absolute Gasteiger partial charge is 0.364 e. The number of fused-ring (bicyclic) bond motifs is 1. The molecule has 1 aliphatic rings. The Kier molecular flexibility index (Phi) is 6.75. The predicted octanol–water partition coefficient (Wildman–Crippen LogP) is 1.59. The number of carbonyl (C=O) groups is 1. The van der Waals surface area contributed by atoms with Crippen LogP contribution < -0.4 is 11.3 Å². The summed E-state index contributed by atoms with van der Waals surface area (Å²) in [7, 11) is 0. The lowest BCUT2D eigenvalue weighted by molar-refractivity contribution is -0.145. The summed E-state index contributed by atoms with van der Waals surface area (Å²) in [6, 6.07) is 7.12. The molecule has 2 aromatic rings. The number of amides is 1. The third-order valence-electron chi connectivity index (χ3n) is 4.53. The molecule has 7 nitrogen and oxygen atoms in total. The van der Waals surface area contributed by atoms with Crippen LogP contribution in [0.3, 0.4) is 0 Å². The Hall–Kier alpha value is -1.96. The molecule has 1 aromatic carbocycles. The summed E-state index contributed by atoms with van der Waals surface area (Å²) in [5.41, 5.74) is 6.05. The van der Waals surface area contributed by atoms with Crippen molar-refractivity contribution in [3.05, 3.63) is 40.4 Å². The molecule has 2 atom stereocenters. The van der Waals surface area contributed by atoms with E-state index in [1.807, 2.05) is 19.9 Å². The lowest BCUT2D eigenvalue weighted by Gasteiger charge is -2.28. The molecule has 0 unspecified atom stereocenters. The van der Waals surface area contributed by atoms with Gasteiger partial charge in [0.1, 0.15) is 11.9 Å². The average molecular weight is 381 g/mol. The van der Waals surface area contributed by atoms with Crippen LogP contribution in [0.15, 0.2) is 29.1 Å². The smallest absolute Gasteiger partial charge is 0.258 e. The van der Waals surface area contributed by atoms with E-state index < -0.39 is 6.10 Å². The van der Waals surface area contributed by atoms with Crippen molar-refractivity contribution in [3.63, 3.8) is 0 Å².